The number of ether oxygens (including phenoxy) is 1. The number of rotatable bonds is 12. The molecule has 1 heterocycles. The van der Waals surface area contributed by atoms with E-state index in [1.54, 1.807) is 86.0 Å². The number of hydrogen-bond donors (Lipinski definition) is 3. The summed E-state index contributed by atoms with van der Waals surface area (Å²) < 4.78 is 5.25. The number of halogens is 1. The first kappa shape index (κ1) is 35.2. The summed E-state index contributed by atoms with van der Waals surface area (Å²) in [5, 5.41) is 10.9. The van der Waals surface area contributed by atoms with Gasteiger partial charge in [-0.1, -0.05) is 96.5 Å². The van der Waals surface area contributed by atoms with E-state index in [-0.39, 0.29) is 11.6 Å². The van der Waals surface area contributed by atoms with Crippen molar-refractivity contribution >= 4 is 69.3 Å². The average molecular weight is 731 g/mol. The van der Waals surface area contributed by atoms with Gasteiger partial charge in [0.25, 0.3) is 11.8 Å². The summed E-state index contributed by atoms with van der Waals surface area (Å²) >= 11 is 9.02. The molecule has 1 atom stereocenters. The third-order valence-corrected chi connectivity index (χ3v) is 9.86. The van der Waals surface area contributed by atoms with Gasteiger partial charge in [-0.15, -0.1) is 23.1 Å². The number of carbonyl (C=O) groups excluding carboxylic acids is 3. The maximum Gasteiger partial charge on any atom is 0.272 e. The van der Waals surface area contributed by atoms with Crippen LogP contribution in [0.2, 0.25) is 5.02 Å². The van der Waals surface area contributed by atoms with Crippen LogP contribution in [0.5, 0.6) is 5.75 Å². The van der Waals surface area contributed by atoms with Crippen LogP contribution < -0.4 is 20.7 Å². The summed E-state index contributed by atoms with van der Waals surface area (Å²) in [7, 11) is 1.57. The first-order valence-electron chi connectivity index (χ1n) is 15.7. The molecule has 0 aliphatic carbocycles. The number of nitrogens with one attached hydrogen (secondary N) is 3. The molecule has 0 aliphatic heterocycles. The van der Waals surface area contributed by atoms with Gasteiger partial charge in [-0.3, -0.25) is 14.4 Å². The molecule has 5 aromatic carbocycles. The number of benzene rings is 5. The summed E-state index contributed by atoms with van der Waals surface area (Å²) in [4.78, 5) is 45.9. The van der Waals surface area contributed by atoms with Crippen molar-refractivity contribution in [1.29, 1.82) is 0 Å². The summed E-state index contributed by atoms with van der Waals surface area (Å²) in [6, 6.07) is 39.8. The van der Waals surface area contributed by atoms with Gasteiger partial charge >= 0.3 is 0 Å². The van der Waals surface area contributed by atoms with Crippen LogP contribution in [0, 0.1) is 0 Å². The van der Waals surface area contributed by atoms with Crippen molar-refractivity contribution < 1.29 is 19.1 Å². The Hall–Kier alpha value is -5.68. The van der Waals surface area contributed by atoms with Crippen LogP contribution in [-0.4, -0.2) is 29.8 Å². The predicted molar refractivity (Wildman–Crippen MR) is 206 cm³/mol. The molecular weight excluding hydrogens is 700 g/mol. The maximum absolute atomic E-state index is 13.8. The Bertz CT molecular complexity index is 2170. The number of anilines is 2. The van der Waals surface area contributed by atoms with Crippen molar-refractivity contribution in [2.45, 2.75) is 10.1 Å². The van der Waals surface area contributed by atoms with Gasteiger partial charge in [0.05, 0.1) is 12.8 Å². The van der Waals surface area contributed by atoms with Crippen LogP contribution in [0.1, 0.15) is 26.7 Å². The van der Waals surface area contributed by atoms with E-state index in [9.17, 15) is 14.4 Å². The molecule has 3 N–H and O–H groups in total. The Morgan fingerprint density at radius 1 is 0.824 bits per heavy atom. The molecule has 51 heavy (non-hydrogen) atoms. The molecular formula is C40H31ClN4O4S2. The maximum atomic E-state index is 13.8. The molecule has 8 nitrogen and oxygen atoms in total. The lowest BCUT2D eigenvalue weighted by Gasteiger charge is -2.17. The number of carbonyl (C=O) groups is 3. The van der Waals surface area contributed by atoms with Crippen LogP contribution in [0.3, 0.4) is 0 Å². The van der Waals surface area contributed by atoms with Gasteiger partial charge in [0, 0.05) is 32.1 Å². The predicted octanol–water partition coefficient (Wildman–Crippen LogP) is 9.35. The Morgan fingerprint density at radius 2 is 1.53 bits per heavy atom. The zero-order chi connectivity index (χ0) is 35.6. The molecule has 0 saturated carbocycles. The Labute approximate surface area is 308 Å². The Kier molecular flexibility index (Phi) is 11.6. The smallest absolute Gasteiger partial charge is 0.272 e. The van der Waals surface area contributed by atoms with Crippen molar-refractivity contribution in [3.8, 4) is 17.0 Å². The normalized spacial score (nSPS) is 11.7. The van der Waals surface area contributed by atoms with E-state index in [2.05, 4.69) is 20.9 Å². The van der Waals surface area contributed by atoms with Crippen LogP contribution >= 0.6 is 34.7 Å². The second-order valence-electron chi connectivity index (χ2n) is 11.0. The third kappa shape index (κ3) is 9.31. The topological polar surface area (TPSA) is 109 Å². The number of thiazole rings is 1. The molecule has 0 fully saturated rings. The van der Waals surface area contributed by atoms with Crippen molar-refractivity contribution in [3.05, 3.63) is 166 Å². The quantitative estimate of drug-likeness (QED) is 0.0856. The zero-order valence-electron chi connectivity index (χ0n) is 27.2. The van der Waals surface area contributed by atoms with E-state index in [1.807, 2.05) is 66.0 Å². The standard InChI is InChI=1S/C40H31ClN4O4S2/c1-49-30-21-19-26(20-22-30)23-34(43-37(46)28-13-6-3-7-14-28)38(47)42-29-15-10-16-31(24-29)51-36(27-11-4-2-5-12-27)39(48)45-40-44-35(25-50-40)32-17-8-9-18-33(32)41/h2-25,36H,1H3,(H,42,47)(H,43,46)(H,44,45,48)/b34-23+. The van der Waals surface area contributed by atoms with Gasteiger partial charge in [-0.05, 0) is 65.7 Å². The second-order valence-corrected chi connectivity index (χ2v) is 13.5. The SMILES string of the molecule is COc1ccc(/C=C(/NC(=O)c2ccccc2)C(=O)Nc2cccc(SC(C(=O)Nc3nc(-c4ccccc4Cl)cs3)c3ccccc3)c2)cc1. The molecule has 0 spiro atoms. The largest absolute Gasteiger partial charge is 0.497 e. The Balaban J connectivity index is 1.21. The van der Waals surface area contributed by atoms with Crippen LogP contribution in [0.15, 0.2) is 149 Å². The molecule has 6 aromatic rings. The number of hydrogen-bond acceptors (Lipinski definition) is 7. The molecule has 254 valence electrons. The van der Waals surface area contributed by atoms with Gasteiger partial charge in [0.2, 0.25) is 5.91 Å². The van der Waals surface area contributed by atoms with Gasteiger partial charge in [0.1, 0.15) is 16.7 Å². The highest BCUT2D eigenvalue weighted by Gasteiger charge is 2.24. The van der Waals surface area contributed by atoms with Crippen LogP contribution in [0.4, 0.5) is 10.8 Å². The minimum atomic E-state index is -0.638. The van der Waals surface area contributed by atoms with E-state index < -0.39 is 17.1 Å². The number of thioether (sulfide) groups is 1. The summed E-state index contributed by atoms with van der Waals surface area (Å²) in [6.45, 7) is 0. The van der Waals surface area contributed by atoms with Crippen molar-refractivity contribution in [2.75, 3.05) is 17.7 Å². The van der Waals surface area contributed by atoms with Gasteiger partial charge in [0.15, 0.2) is 5.13 Å². The molecule has 0 saturated heterocycles. The monoisotopic (exact) mass is 730 g/mol. The minimum absolute atomic E-state index is 0.0493. The Morgan fingerprint density at radius 3 is 2.25 bits per heavy atom. The number of amides is 3. The highest BCUT2D eigenvalue weighted by atomic mass is 35.5. The number of methoxy groups -OCH3 is 1. The lowest BCUT2D eigenvalue weighted by atomic mass is 10.1. The highest BCUT2D eigenvalue weighted by molar-refractivity contribution is 8.00. The zero-order valence-corrected chi connectivity index (χ0v) is 29.6. The van der Waals surface area contributed by atoms with Gasteiger partial charge < -0.3 is 20.7 Å². The van der Waals surface area contributed by atoms with Crippen molar-refractivity contribution in [2.24, 2.45) is 0 Å². The average Bonchev–Trinajstić information content (AvgIpc) is 3.62. The molecule has 3 amide bonds. The van der Waals surface area contributed by atoms with Crippen LogP contribution in [-0.2, 0) is 9.59 Å². The molecule has 1 aromatic heterocycles. The molecule has 0 bridgehead atoms. The molecule has 0 radical (unpaired) electrons. The third-order valence-electron chi connectivity index (χ3n) is 7.53. The molecule has 11 heteroatoms. The molecule has 6 rings (SSSR count). The van der Waals surface area contributed by atoms with Gasteiger partial charge in [-0.25, -0.2) is 4.98 Å². The fourth-order valence-corrected chi connectivity index (χ4v) is 7.02. The first-order valence-corrected chi connectivity index (χ1v) is 17.9. The summed E-state index contributed by atoms with van der Waals surface area (Å²) in [5.74, 6) is -0.538. The summed E-state index contributed by atoms with van der Waals surface area (Å²) in [6.07, 6.45) is 1.60. The van der Waals surface area contributed by atoms with Crippen molar-refractivity contribution in [1.82, 2.24) is 10.3 Å². The van der Waals surface area contributed by atoms with Gasteiger partial charge in [-0.2, -0.15) is 0 Å². The van der Waals surface area contributed by atoms with E-state index in [0.717, 1.165) is 16.0 Å². The fraction of sp³-hybridized carbons (Fsp3) is 0.0500. The van der Waals surface area contributed by atoms with Crippen LogP contribution in [0.25, 0.3) is 17.3 Å². The van der Waals surface area contributed by atoms with E-state index in [0.29, 0.717) is 38.4 Å². The number of nitrogens with zero attached hydrogens (tertiary/aromatic N) is 1. The molecule has 0 aliphatic rings. The van der Waals surface area contributed by atoms with Crippen molar-refractivity contribution in [3.63, 3.8) is 0 Å². The highest BCUT2D eigenvalue weighted by Crippen LogP contribution is 2.38. The fourth-order valence-electron chi connectivity index (χ4n) is 4.99. The number of aromatic nitrogens is 1. The first-order chi connectivity index (χ1) is 24.9. The minimum Gasteiger partial charge on any atom is -0.497 e. The van der Waals surface area contributed by atoms with E-state index in [4.69, 9.17) is 16.3 Å². The second kappa shape index (κ2) is 16.8. The molecule has 1 unspecified atom stereocenters. The lowest BCUT2D eigenvalue weighted by Crippen LogP contribution is -2.30. The summed E-state index contributed by atoms with van der Waals surface area (Å²) in [5.41, 5.74) is 3.89. The lowest BCUT2D eigenvalue weighted by molar-refractivity contribution is -0.116. The van der Waals surface area contributed by atoms with E-state index in [1.165, 1.54) is 23.1 Å². The van der Waals surface area contributed by atoms with E-state index >= 15 is 0 Å².